The van der Waals surface area contributed by atoms with Crippen molar-refractivity contribution in [2.75, 3.05) is 5.32 Å². The average molecular weight is 377 g/mol. The van der Waals surface area contributed by atoms with E-state index < -0.39 is 23.1 Å². The molecule has 1 aromatic heterocycles. The molecule has 1 aliphatic carbocycles. The molecule has 0 atom stereocenters. The Bertz CT molecular complexity index is 897. The summed E-state index contributed by atoms with van der Waals surface area (Å²) in [5, 5.41) is 13.3. The molecule has 5 nitrogen and oxygen atoms in total. The molecule has 1 heterocycles. The Labute approximate surface area is 153 Å². The number of halogens is 3. The van der Waals surface area contributed by atoms with Gasteiger partial charge in [-0.05, 0) is 37.1 Å². The number of hydrogen-bond donors (Lipinski definition) is 3. The first-order valence-electron chi connectivity index (χ1n) is 7.81. The van der Waals surface area contributed by atoms with Crippen molar-refractivity contribution in [3.63, 3.8) is 0 Å². The Kier molecular flexibility index (Phi) is 4.99. The van der Waals surface area contributed by atoms with E-state index in [0.717, 1.165) is 0 Å². The molecule has 3 rings (SSSR count). The fourth-order valence-electron chi connectivity index (χ4n) is 2.62. The molecule has 1 saturated carbocycles. The number of carbonyl (C=O) groups excluding carboxylic acids is 1. The van der Waals surface area contributed by atoms with E-state index in [1.807, 2.05) is 0 Å². The molecule has 1 amide bonds. The zero-order valence-corrected chi connectivity index (χ0v) is 14.3. The summed E-state index contributed by atoms with van der Waals surface area (Å²) in [6.07, 6.45) is 5.01. The number of benzene rings is 1. The topological polar surface area (TPSA) is 77.9 Å². The molecule has 0 bridgehead atoms. The lowest BCUT2D eigenvalue weighted by Crippen LogP contribution is -2.38. The van der Waals surface area contributed by atoms with E-state index in [1.54, 1.807) is 6.07 Å². The molecule has 1 aromatic carbocycles. The molecule has 0 radical (unpaired) electrons. The Morgan fingerprint density at radius 1 is 1.27 bits per heavy atom. The normalized spacial score (nSPS) is 14.9. The number of amidine groups is 1. The lowest BCUT2D eigenvalue weighted by molar-refractivity contribution is -0.122. The summed E-state index contributed by atoms with van der Waals surface area (Å²) >= 11 is 5.75. The van der Waals surface area contributed by atoms with Gasteiger partial charge < -0.3 is 10.6 Å². The van der Waals surface area contributed by atoms with Crippen LogP contribution < -0.4 is 10.6 Å². The van der Waals surface area contributed by atoms with Gasteiger partial charge >= 0.3 is 0 Å². The van der Waals surface area contributed by atoms with Crippen LogP contribution in [0.1, 0.15) is 18.4 Å². The molecule has 2 aromatic rings. The fourth-order valence-corrected chi connectivity index (χ4v) is 2.78. The molecule has 1 aliphatic rings. The summed E-state index contributed by atoms with van der Waals surface area (Å²) < 4.78 is 27.1. The van der Waals surface area contributed by atoms with E-state index in [9.17, 15) is 13.6 Å². The largest absolute Gasteiger partial charge is 0.361 e. The van der Waals surface area contributed by atoms with Crippen LogP contribution in [0.5, 0.6) is 0 Å². The van der Waals surface area contributed by atoms with Crippen LogP contribution in [-0.2, 0) is 10.2 Å². The first kappa shape index (κ1) is 18.0. The number of anilines is 1. The third-order valence-corrected chi connectivity index (χ3v) is 4.34. The predicted octanol–water partition coefficient (Wildman–Crippen LogP) is 3.76. The van der Waals surface area contributed by atoms with Gasteiger partial charge in [0, 0.05) is 34.7 Å². The molecule has 134 valence electrons. The van der Waals surface area contributed by atoms with Crippen LogP contribution in [0, 0.1) is 17.2 Å². The second-order valence-corrected chi connectivity index (χ2v) is 6.36. The van der Waals surface area contributed by atoms with Crippen LogP contribution in [0.2, 0.25) is 5.02 Å². The van der Waals surface area contributed by atoms with E-state index in [1.165, 1.54) is 42.7 Å². The quantitative estimate of drug-likeness (QED) is 0.422. The summed E-state index contributed by atoms with van der Waals surface area (Å²) in [5.41, 5.74) is -0.229. The molecular formula is C18H15ClF2N4O. The van der Waals surface area contributed by atoms with Crippen LogP contribution in [0.25, 0.3) is 0 Å². The van der Waals surface area contributed by atoms with Gasteiger partial charge in [0.05, 0.1) is 5.41 Å². The lowest BCUT2D eigenvalue weighted by Gasteiger charge is -2.16. The third-order valence-electron chi connectivity index (χ3n) is 4.11. The van der Waals surface area contributed by atoms with Crippen LogP contribution in [0.15, 0.2) is 48.8 Å². The van der Waals surface area contributed by atoms with Crippen LogP contribution in [0.4, 0.5) is 14.5 Å². The van der Waals surface area contributed by atoms with Crippen molar-refractivity contribution in [1.29, 1.82) is 5.41 Å². The van der Waals surface area contributed by atoms with E-state index in [-0.39, 0.29) is 16.4 Å². The van der Waals surface area contributed by atoms with Crippen molar-refractivity contribution in [3.05, 3.63) is 71.2 Å². The molecule has 0 spiro atoms. The zero-order valence-electron chi connectivity index (χ0n) is 13.5. The first-order chi connectivity index (χ1) is 12.4. The number of nitrogens with zero attached hydrogens (tertiary/aromatic N) is 1. The SMILES string of the molecule is N=C(/C=C\Nc1ccnc(F)c1)NC(=O)C1(c2ccc(Cl)cc2F)CC1. The highest BCUT2D eigenvalue weighted by atomic mass is 35.5. The Morgan fingerprint density at radius 2 is 2.04 bits per heavy atom. The van der Waals surface area contributed by atoms with E-state index in [0.29, 0.717) is 18.5 Å². The highest BCUT2D eigenvalue weighted by molar-refractivity contribution is 6.30. The molecule has 0 unspecified atom stereocenters. The van der Waals surface area contributed by atoms with Gasteiger partial charge in [0.1, 0.15) is 11.7 Å². The molecule has 8 heteroatoms. The summed E-state index contributed by atoms with van der Waals surface area (Å²) in [5.74, 6) is -1.78. The van der Waals surface area contributed by atoms with Crippen molar-refractivity contribution in [2.24, 2.45) is 0 Å². The maximum Gasteiger partial charge on any atom is 0.236 e. The Hall–Kier alpha value is -2.80. The molecule has 3 N–H and O–H groups in total. The number of rotatable bonds is 5. The number of amides is 1. The number of hydrogen-bond acceptors (Lipinski definition) is 4. The van der Waals surface area contributed by atoms with Gasteiger partial charge in [-0.25, -0.2) is 9.37 Å². The second kappa shape index (κ2) is 7.21. The van der Waals surface area contributed by atoms with Crippen molar-refractivity contribution in [3.8, 4) is 0 Å². The Balaban J connectivity index is 1.62. The van der Waals surface area contributed by atoms with Crippen LogP contribution in [0.3, 0.4) is 0 Å². The van der Waals surface area contributed by atoms with Gasteiger partial charge in [-0.15, -0.1) is 0 Å². The number of pyridine rings is 1. The third kappa shape index (κ3) is 3.88. The van der Waals surface area contributed by atoms with Gasteiger partial charge in [0.2, 0.25) is 11.9 Å². The van der Waals surface area contributed by atoms with Crippen molar-refractivity contribution in [2.45, 2.75) is 18.3 Å². The number of nitrogens with one attached hydrogen (secondary N) is 3. The van der Waals surface area contributed by atoms with Crippen molar-refractivity contribution >= 4 is 29.0 Å². The van der Waals surface area contributed by atoms with Gasteiger partial charge in [-0.1, -0.05) is 17.7 Å². The monoisotopic (exact) mass is 376 g/mol. The zero-order chi connectivity index (χ0) is 18.7. The summed E-state index contributed by atoms with van der Waals surface area (Å²) in [7, 11) is 0. The van der Waals surface area contributed by atoms with Gasteiger partial charge in [0.25, 0.3) is 0 Å². The van der Waals surface area contributed by atoms with Gasteiger partial charge in [-0.3, -0.25) is 10.2 Å². The minimum atomic E-state index is -0.962. The van der Waals surface area contributed by atoms with E-state index in [2.05, 4.69) is 15.6 Å². The average Bonchev–Trinajstić information content (AvgIpc) is 3.36. The van der Waals surface area contributed by atoms with Crippen LogP contribution in [-0.4, -0.2) is 16.7 Å². The fraction of sp³-hybridized carbons (Fsp3) is 0.167. The lowest BCUT2D eigenvalue weighted by atomic mass is 9.94. The van der Waals surface area contributed by atoms with Gasteiger partial charge in [-0.2, -0.15) is 4.39 Å². The minimum Gasteiger partial charge on any atom is -0.361 e. The van der Waals surface area contributed by atoms with E-state index in [4.69, 9.17) is 17.0 Å². The first-order valence-corrected chi connectivity index (χ1v) is 8.19. The van der Waals surface area contributed by atoms with Crippen molar-refractivity contribution < 1.29 is 13.6 Å². The second-order valence-electron chi connectivity index (χ2n) is 5.92. The predicted molar refractivity (Wildman–Crippen MR) is 95.1 cm³/mol. The molecule has 26 heavy (non-hydrogen) atoms. The number of carbonyl (C=O) groups is 1. The Morgan fingerprint density at radius 3 is 2.69 bits per heavy atom. The van der Waals surface area contributed by atoms with E-state index >= 15 is 0 Å². The minimum absolute atomic E-state index is 0.169. The highest BCUT2D eigenvalue weighted by Gasteiger charge is 2.52. The molecular weight excluding hydrogens is 362 g/mol. The summed E-state index contributed by atoms with van der Waals surface area (Å²) in [6, 6.07) is 6.96. The molecule has 0 aliphatic heterocycles. The van der Waals surface area contributed by atoms with Crippen LogP contribution >= 0.6 is 11.6 Å². The summed E-state index contributed by atoms with van der Waals surface area (Å²) in [6.45, 7) is 0. The standard InChI is InChI=1S/C18H15ClF2N4O/c19-11-1-2-13(14(20)9-11)18(5-6-18)17(26)25-16(22)4-8-23-12-3-7-24-15(21)10-12/h1-4,7-10H,5-6H2,(H,23,24)(H2,22,25,26)/b8-4-. The highest BCUT2D eigenvalue weighted by Crippen LogP contribution is 2.49. The van der Waals surface area contributed by atoms with Gasteiger partial charge in [0.15, 0.2) is 0 Å². The maximum atomic E-state index is 14.1. The number of aromatic nitrogens is 1. The smallest absolute Gasteiger partial charge is 0.236 e. The maximum absolute atomic E-state index is 14.1. The van der Waals surface area contributed by atoms with Crippen molar-refractivity contribution in [1.82, 2.24) is 10.3 Å². The molecule has 0 saturated heterocycles. The summed E-state index contributed by atoms with van der Waals surface area (Å²) in [4.78, 5) is 15.9. The molecule has 1 fully saturated rings.